The second kappa shape index (κ2) is 10.8. The fourth-order valence-corrected chi connectivity index (χ4v) is 10.2. The van der Waals surface area contributed by atoms with E-state index < -0.39 is 5.60 Å². The van der Waals surface area contributed by atoms with Crippen molar-refractivity contribution >= 4 is 12.1 Å². The number of hydrogen-bond acceptors (Lipinski definition) is 5. The Hall–Kier alpha value is -1.72. The molecule has 0 radical (unpaired) electrons. The maximum atomic E-state index is 12.0. The third kappa shape index (κ3) is 5.54. The molecule has 1 aliphatic heterocycles. The highest BCUT2D eigenvalue weighted by molar-refractivity contribution is 5.67. The Balaban J connectivity index is 1.19. The maximum Gasteiger partial charge on any atom is 0.407 e. The van der Waals surface area contributed by atoms with Gasteiger partial charge < -0.3 is 19.5 Å². The summed E-state index contributed by atoms with van der Waals surface area (Å²) in [5, 5.41) is 2.93. The maximum absolute atomic E-state index is 12.0. The van der Waals surface area contributed by atoms with Crippen molar-refractivity contribution in [3.05, 3.63) is 11.3 Å². The van der Waals surface area contributed by atoms with Crippen LogP contribution < -0.4 is 5.32 Å². The van der Waals surface area contributed by atoms with Crippen LogP contribution in [-0.2, 0) is 19.0 Å². The molecule has 6 nitrogen and oxygen atoms in total. The molecule has 226 valence electrons. The number of allylic oxidation sites excluding steroid dienone is 1. The zero-order valence-electron chi connectivity index (χ0n) is 26.4. The van der Waals surface area contributed by atoms with Gasteiger partial charge in [-0.25, -0.2) is 4.79 Å². The first-order chi connectivity index (χ1) is 18.7. The highest BCUT2D eigenvalue weighted by Gasteiger charge is 2.64. The smallest absolute Gasteiger partial charge is 0.407 e. The number of carbonyl (C=O) groups is 2. The van der Waals surface area contributed by atoms with E-state index in [1.54, 1.807) is 6.92 Å². The lowest BCUT2D eigenvalue weighted by Gasteiger charge is -2.61. The predicted molar refractivity (Wildman–Crippen MR) is 156 cm³/mol. The van der Waals surface area contributed by atoms with Crippen molar-refractivity contribution < 1.29 is 23.8 Å². The van der Waals surface area contributed by atoms with Crippen LogP contribution in [0.2, 0.25) is 0 Å². The van der Waals surface area contributed by atoms with Crippen molar-refractivity contribution in [3.63, 3.8) is 0 Å². The Kier molecular flexibility index (Phi) is 8.07. The first kappa shape index (κ1) is 29.8. The summed E-state index contributed by atoms with van der Waals surface area (Å²) < 4.78 is 17.8. The number of rotatable bonds is 6. The third-order valence-electron chi connectivity index (χ3n) is 12.0. The molecule has 4 fully saturated rings. The highest BCUT2D eigenvalue weighted by Crippen LogP contribution is 2.69. The number of alkyl carbamates (subject to hydrolysis) is 1. The number of amides is 1. The topological polar surface area (TPSA) is 73.9 Å². The second-order valence-electron chi connectivity index (χ2n) is 15.7. The minimum absolute atomic E-state index is 0.122. The molecule has 10 atom stereocenters. The standard InChI is InChI=1S/C34H55NO5/c1-20(19-35-31(37)40-32(4,5)6)9-12-28-21(2)30-29(39-28)18-27-25-11-10-23-17-24(38-22(3)36)13-15-33(23,7)26(25)14-16-34(27,30)8/h20,23-27,29-30H,9-19H2,1-8H3,(H,35,37)/t20-,23-,24-,25+,26-,27-,29?,30-,33-,34-/m0/s1. The Morgan fingerprint density at radius 1 is 1.05 bits per heavy atom. The molecule has 4 aliphatic carbocycles. The van der Waals surface area contributed by atoms with E-state index in [9.17, 15) is 9.59 Å². The van der Waals surface area contributed by atoms with E-state index in [0.717, 1.165) is 43.4 Å². The molecule has 40 heavy (non-hydrogen) atoms. The Bertz CT molecular complexity index is 1010. The SMILES string of the molecule is CC(=O)O[C@H]1CC[C@@]2(C)[C@@H](CC[C@@H]3[C@@H]2CC[C@]2(C)[C@H]4C(C)=C(CC[C@H](C)CNC(=O)OC(C)(C)C)OC4C[C@@H]32)C1. The Morgan fingerprint density at radius 2 is 1.77 bits per heavy atom. The molecule has 0 aromatic carbocycles. The number of carbonyl (C=O) groups excluding carboxylic acids is 2. The van der Waals surface area contributed by atoms with Gasteiger partial charge >= 0.3 is 12.1 Å². The van der Waals surface area contributed by atoms with Crippen LogP contribution in [0.3, 0.4) is 0 Å². The van der Waals surface area contributed by atoms with Crippen LogP contribution in [-0.4, -0.2) is 36.4 Å². The predicted octanol–water partition coefficient (Wildman–Crippen LogP) is 7.80. The van der Waals surface area contributed by atoms with Crippen LogP contribution in [0.4, 0.5) is 4.79 Å². The second-order valence-corrected chi connectivity index (χ2v) is 15.7. The third-order valence-corrected chi connectivity index (χ3v) is 12.0. The van der Waals surface area contributed by atoms with Crippen LogP contribution in [0.25, 0.3) is 0 Å². The molecule has 4 saturated carbocycles. The van der Waals surface area contributed by atoms with E-state index in [2.05, 4.69) is 33.0 Å². The van der Waals surface area contributed by atoms with Crippen molar-refractivity contribution in [2.24, 2.45) is 46.3 Å². The molecule has 0 spiro atoms. The summed E-state index contributed by atoms with van der Waals surface area (Å²) in [6, 6.07) is 0. The first-order valence-electron chi connectivity index (χ1n) is 16.2. The fourth-order valence-electron chi connectivity index (χ4n) is 10.2. The lowest BCUT2D eigenvalue weighted by atomic mass is 9.44. The van der Waals surface area contributed by atoms with E-state index in [0.29, 0.717) is 41.2 Å². The van der Waals surface area contributed by atoms with E-state index in [-0.39, 0.29) is 18.2 Å². The van der Waals surface area contributed by atoms with Crippen molar-refractivity contribution in [2.45, 2.75) is 137 Å². The van der Waals surface area contributed by atoms with Gasteiger partial charge in [0.2, 0.25) is 0 Å². The number of esters is 1. The molecular weight excluding hydrogens is 502 g/mol. The first-order valence-corrected chi connectivity index (χ1v) is 16.2. The average Bonchev–Trinajstić information content (AvgIpc) is 3.33. The van der Waals surface area contributed by atoms with Gasteiger partial charge in [0.05, 0.1) is 5.76 Å². The number of hydrogen-bond donors (Lipinski definition) is 1. The molecule has 1 amide bonds. The molecule has 0 aromatic heterocycles. The molecular formula is C34H55NO5. The van der Waals surface area contributed by atoms with E-state index in [4.69, 9.17) is 14.2 Å². The minimum Gasteiger partial charge on any atom is -0.494 e. The van der Waals surface area contributed by atoms with Gasteiger partial charge in [-0.3, -0.25) is 4.79 Å². The van der Waals surface area contributed by atoms with Crippen molar-refractivity contribution in [3.8, 4) is 0 Å². The van der Waals surface area contributed by atoms with Crippen LogP contribution >= 0.6 is 0 Å². The number of ether oxygens (including phenoxy) is 3. The lowest BCUT2D eigenvalue weighted by molar-refractivity contribution is -0.159. The van der Waals surface area contributed by atoms with Crippen molar-refractivity contribution in [1.82, 2.24) is 5.32 Å². The molecule has 0 aromatic rings. The highest BCUT2D eigenvalue weighted by atomic mass is 16.6. The number of fused-ring (bicyclic) bond motifs is 7. The minimum atomic E-state index is -0.473. The molecule has 0 saturated heterocycles. The zero-order chi connectivity index (χ0) is 29.0. The summed E-state index contributed by atoms with van der Waals surface area (Å²) in [7, 11) is 0. The monoisotopic (exact) mass is 557 g/mol. The molecule has 1 N–H and O–H groups in total. The summed E-state index contributed by atoms with van der Waals surface area (Å²) >= 11 is 0. The van der Waals surface area contributed by atoms with E-state index in [1.807, 2.05) is 20.8 Å². The van der Waals surface area contributed by atoms with Gasteiger partial charge in [-0.1, -0.05) is 20.8 Å². The van der Waals surface area contributed by atoms with Gasteiger partial charge in [0.1, 0.15) is 17.8 Å². The summed E-state index contributed by atoms with van der Waals surface area (Å²) in [5.41, 5.74) is 1.75. The molecule has 6 heteroatoms. The molecule has 5 aliphatic rings. The van der Waals surface area contributed by atoms with Gasteiger partial charge in [-0.2, -0.15) is 0 Å². The Morgan fingerprint density at radius 3 is 2.48 bits per heavy atom. The van der Waals surface area contributed by atoms with Crippen LogP contribution in [0.1, 0.15) is 120 Å². The van der Waals surface area contributed by atoms with Gasteiger partial charge in [-0.05, 0) is 131 Å². The number of nitrogens with one attached hydrogen (secondary N) is 1. The van der Waals surface area contributed by atoms with Crippen LogP contribution in [0.15, 0.2) is 11.3 Å². The van der Waals surface area contributed by atoms with Crippen molar-refractivity contribution in [1.29, 1.82) is 0 Å². The lowest BCUT2D eigenvalue weighted by Crippen LogP contribution is -2.54. The van der Waals surface area contributed by atoms with Gasteiger partial charge in [0.25, 0.3) is 0 Å². The van der Waals surface area contributed by atoms with Crippen LogP contribution in [0, 0.1) is 46.3 Å². The van der Waals surface area contributed by atoms with Gasteiger partial charge in [0, 0.05) is 25.8 Å². The summed E-state index contributed by atoms with van der Waals surface area (Å²) in [6.07, 6.45) is 11.8. The molecule has 5 rings (SSSR count). The molecule has 0 bridgehead atoms. The summed E-state index contributed by atoms with van der Waals surface area (Å²) in [5.74, 6) is 5.05. The Labute approximate surface area is 242 Å². The zero-order valence-corrected chi connectivity index (χ0v) is 26.4. The van der Waals surface area contributed by atoms with Crippen molar-refractivity contribution in [2.75, 3.05) is 6.54 Å². The summed E-state index contributed by atoms with van der Waals surface area (Å²) in [6.45, 7) is 17.6. The van der Waals surface area contributed by atoms with E-state index >= 15 is 0 Å². The van der Waals surface area contributed by atoms with E-state index in [1.165, 1.54) is 49.9 Å². The summed E-state index contributed by atoms with van der Waals surface area (Å²) in [4.78, 5) is 23.6. The van der Waals surface area contributed by atoms with Crippen LogP contribution in [0.5, 0.6) is 0 Å². The average molecular weight is 558 g/mol. The fraction of sp³-hybridized carbons (Fsp3) is 0.882. The normalized spacial score (nSPS) is 41.1. The molecule has 1 unspecified atom stereocenters. The van der Waals surface area contributed by atoms with Gasteiger partial charge in [-0.15, -0.1) is 0 Å². The quantitative estimate of drug-likeness (QED) is 0.337. The van der Waals surface area contributed by atoms with Gasteiger partial charge in [0.15, 0.2) is 0 Å². The largest absolute Gasteiger partial charge is 0.494 e. The molecule has 1 heterocycles.